The molecule has 4 N–H and O–H groups in total. The first-order valence-electron chi connectivity index (χ1n) is 11.8. The minimum Gasteiger partial charge on any atom is -0.492 e. The van der Waals surface area contributed by atoms with Crippen molar-refractivity contribution in [1.82, 2.24) is 5.32 Å². The fraction of sp³-hybridized carbons (Fsp3) is 0.321. The molecule has 34 heavy (non-hydrogen) atoms. The standard InChI is InChI=1S/C28H32N2O4/c1-19(29)21-7-4-8-22(14-21)24-12-20(13-26(15-24)33-18-25-9-5-11-30-25)17-34-27-10-3-2-6-23(27)16-28(31)32/h2-4,6-8,10,12-15,19,25,30H,5,9,11,16-18,29H2,1H3,(H,31,32)/t19-,25?/m1/s1. The third kappa shape index (κ3) is 6.37. The van der Waals surface area contributed by atoms with Crippen LogP contribution in [0.25, 0.3) is 11.1 Å². The molecule has 1 unspecified atom stereocenters. The SMILES string of the molecule is C[C@@H](N)c1cccc(-c2cc(COc3ccccc3CC(=O)O)cc(OCC3CCCN3)c2)c1. The molecule has 1 fully saturated rings. The number of hydrogen-bond donors (Lipinski definition) is 3. The number of carbonyl (C=O) groups is 1. The summed E-state index contributed by atoms with van der Waals surface area (Å²) in [5.74, 6) is 0.477. The Bertz CT molecular complexity index is 1120. The van der Waals surface area contributed by atoms with E-state index in [9.17, 15) is 9.90 Å². The summed E-state index contributed by atoms with van der Waals surface area (Å²) >= 11 is 0. The Morgan fingerprint density at radius 3 is 2.71 bits per heavy atom. The lowest BCUT2D eigenvalue weighted by Crippen LogP contribution is -2.28. The fourth-order valence-corrected chi connectivity index (χ4v) is 4.21. The van der Waals surface area contributed by atoms with Gasteiger partial charge in [0.15, 0.2) is 0 Å². The summed E-state index contributed by atoms with van der Waals surface area (Å²) in [6.45, 7) is 3.93. The zero-order valence-electron chi connectivity index (χ0n) is 19.5. The van der Waals surface area contributed by atoms with Crippen molar-refractivity contribution >= 4 is 5.97 Å². The third-order valence-electron chi connectivity index (χ3n) is 6.03. The Morgan fingerprint density at radius 2 is 1.94 bits per heavy atom. The molecule has 1 aliphatic rings. The van der Waals surface area contributed by atoms with Crippen LogP contribution in [0.1, 0.15) is 42.5 Å². The number of para-hydroxylation sites is 1. The number of hydrogen-bond acceptors (Lipinski definition) is 5. The van der Waals surface area contributed by atoms with Crippen molar-refractivity contribution in [1.29, 1.82) is 0 Å². The predicted molar refractivity (Wildman–Crippen MR) is 133 cm³/mol. The first-order chi connectivity index (χ1) is 16.5. The van der Waals surface area contributed by atoms with E-state index < -0.39 is 5.97 Å². The van der Waals surface area contributed by atoms with Crippen molar-refractivity contribution in [2.75, 3.05) is 13.2 Å². The first kappa shape index (κ1) is 23.8. The van der Waals surface area contributed by atoms with Crippen molar-refractivity contribution in [3.05, 3.63) is 83.4 Å². The topological polar surface area (TPSA) is 93.8 Å². The molecular formula is C28H32N2O4. The predicted octanol–water partition coefficient (Wildman–Crippen LogP) is 4.71. The largest absolute Gasteiger partial charge is 0.492 e. The van der Waals surface area contributed by atoms with Crippen molar-refractivity contribution in [3.8, 4) is 22.6 Å². The Labute approximate surface area is 200 Å². The molecule has 0 saturated carbocycles. The van der Waals surface area contributed by atoms with Crippen molar-refractivity contribution < 1.29 is 19.4 Å². The van der Waals surface area contributed by atoms with Crippen molar-refractivity contribution in [2.24, 2.45) is 5.73 Å². The van der Waals surface area contributed by atoms with Gasteiger partial charge in [0.2, 0.25) is 0 Å². The molecule has 1 aliphatic heterocycles. The van der Waals surface area contributed by atoms with E-state index in [1.54, 1.807) is 12.1 Å². The van der Waals surface area contributed by atoms with Gasteiger partial charge in [-0.25, -0.2) is 0 Å². The van der Waals surface area contributed by atoms with Crippen LogP contribution < -0.4 is 20.5 Å². The number of carboxylic acid groups (broad SMARTS) is 1. The van der Waals surface area contributed by atoms with Gasteiger partial charge in [-0.1, -0.05) is 36.4 Å². The quantitative estimate of drug-likeness (QED) is 0.406. The van der Waals surface area contributed by atoms with Gasteiger partial charge in [-0.05, 0) is 78.9 Å². The molecular weight excluding hydrogens is 428 g/mol. The number of rotatable bonds is 10. The van der Waals surface area contributed by atoms with Crippen molar-refractivity contribution in [3.63, 3.8) is 0 Å². The van der Waals surface area contributed by atoms with E-state index in [2.05, 4.69) is 29.6 Å². The smallest absolute Gasteiger partial charge is 0.307 e. The molecule has 3 aromatic rings. The molecule has 4 rings (SSSR count). The molecule has 1 saturated heterocycles. The average Bonchev–Trinajstić information content (AvgIpc) is 3.36. The number of aliphatic carboxylic acids is 1. The molecule has 6 heteroatoms. The normalized spacial score (nSPS) is 16.2. The van der Waals surface area contributed by atoms with Crippen LogP contribution in [0.15, 0.2) is 66.7 Å². The number of nitrogens with two attached hydrogens (primary N) is 1. The van der Waals surface area contributed by atoms with Gasteiger partial charge in [0, 0.05) is 17.6 Å². The summed E-state index contributed by atoms with van der Waals surface area (Å²) in [5, 5.41) is 12.7. The Kier molecular flexibility index (Phi) is 7.83. The summed E-state index contributed by atoms with van der Waals surface area (Å²) in [6.07, 6.45) is 2.21. The molecule has 0 spiro atoms. The molecule has 2 atom stereocenters. The van der Waals surface area contributed by atoms with E-state index in [0.717, 1.165) is 41.0 Å². The van der Waals surface area contributed by atoms with Gasteiger partial charge in [-0.15, -0.1) is 0 Å². The van der Waals surface area contributed by atoms with E-state index in [1.807, 2.05) is 37.3 Å². The summed E-state index contributed by atoms with van der Waals surface area (Å²) in [7, 11) is 0. The van der Waals surface area contributed by atoms with Gasteiger partial charge in [-0.3, -0.25) is 4.79 Å². The molecule has 178 valence electrons. The molecule has 6 nitrogen and oxygen atoms in total. The molecule has 0 aliphatic carbocycles. The highest BCUT2D eigenvalue weighted by atomic mass is 16.5. The highest BCUT2D eigenvalue weighted by molar-refractivity contribution is 5.71. The molecule has 0 bridgehead atoms. The summed E-state index contributed by atoms with van der Waals surface area (Å²) in [4.78, 5) is 11.2. The van der Waals surface area contributed by atoms with Crippen LogP contribution in [0.4, 0.5) is 0 Å². The molecule has 0 radical (unpaired) electrons. The van der Waals surface area contributed by atoms with Crippen LogP contribution in [0.5, 0.6) is 11.5 Å². The number of nitrogens with one attached hydrogen (secondary N) is 1. The molecule has 3 aromatic carbocycles. The second kappa shape index (κ2) is 11.2. The highest BCUT2D eigenvalue weighted by Gasteiger charge is 2.15. The van der Waals surface area contributed by atoms with Crippen LogP contribution >= 0.6 is 0 Å². The highest BCUT2D eigenvalue weighted by Crippen LogP contribution is 2.29. The number of carboxylic acids is 1. The van der Waals surface area contributed by atoms with E-state index >= 15 is 0 Å². The third-order valence-corrected chi connectivity index (χ3v) is 6.03. The number of ether oxygens (including phenoxy) is 2. The van der Waals surface area contributed by atoms with Crippen LogP contribution in [0.3, 0.4) is 0 Å². The van der Waals surface area contributed by atoms with E-state index in [0.29, 0.717) is 30.6 Å². The van der Waals surface area contributed by atoms with E-state index in [-0.39, 0.29) is 12.5 Å². The van der Waals surface area contributed by atoms with Gasteiger partial charge in [0.1, 0.15) is 24.7 Å². The number of benzene rings is 3. The van der Waals surface area contributed by atoms with Crippen LogP contribution in [-0.4, -0.2) is 30.3 Å². The van der Waals surface area contributed by atoms with Crippen LogP contribution in [0.2, 0.25) is 0 Å². The van der Waals surface area contributed by atoms with Gasteiger partial charge in [-0.2, -0.15) is 0 Å². The first-order valence-corrected chi connectivity index (χ1v) is 11.8. The second-order valence-electron chi connectivity index (χ2n) is 8.85. The van der Waals surface area contributed by atoms with Gasteiger partial charge < -0.3 is 25.6 Å². The molecule has 1 heterocycles. The minimum absolute atomic E-state index is 0.0543. The van der Waals surface area contributed by atoms with E-state index in [1.165, 1.54) is 6.42 Å². The zero-order chi connectivity index (χ0) is 23.9. The lowest BCUT2D eigenvalue weighted by Gasteiger charge is -2.16. The minimum atomic E-state index is -0.886. The lowest BCUT2D eigenvalue weighted by atomic mass is 9.98. The second-order valence-corrected chi connectivity index (χ2v) is 8.85. The lowest BCUT2D eigenvalue weighted by molar-refractivity contribution is -0.136. The Morgan fingerprint density at radius 1 is 1.09 bits per heavy atom. The fourth-order valence-electron chi connectivity index (χ4n) is 4.21. The summed E-state index contributed by atoms with van der Waals surface area (Å²) < 4.78 is 12.2. The van der Waals surface area contributed by atoms with Gasteiger partial charge in [0.05, 0.1) is 6.42 Å². The van der Waals surface area contributed by atoms with Gasteiger partial charge >= 0.3 is 5.97 Å². The Balaban J connectivity index is 1.59. The molecule has 0 aromatic heterocycles. The van der Waals surface area contributed by atoms with Gasteiger partial charge in [0.25, 0.3) is 0 Å². The van der Waals surface area contributed by atoms with Crippen LogP contribution in [0, 0.1) is 0 Å². The summed E-state index contributed by atoms with van der Waals surface area (Å²) in [6, 6.07) is 21.9. The average molecular weight is 461 g/mol. The van der Waals surface area contributed by atoms with Crippen molar-refractivity contribution in [2.45, 2.75) is 44.9 Å². The Hall–Kier alpha value is -3.35. The maximum absolute atomic E-state index is 11.2. The molecule has 0 amide bonds. The zero-order valence-corrected chi connectivity index (χ0v) is 19.5. The monoisotopic (exact) mass is 460 g/mol. The summed E-state index contributed by atoms with van der Waals surface area (Å²) in [5.41, 5.74) is 10.9. The maximum atomic E-state index is 11.2. The van der Waals surface area contributed by atoms with Crippen LogP contribution in [-0.2, 0) is 17.8 Å². The van der Waals surface area contributed by atoms with E-state index in [4.69, 9.17) is 15.2 Å². The maximum Gasteiger partial charge on any atom is 0.307 e.